The lowest BCUT2D eigenvalue weighted by atomic mass is 9.86. The third-order valence-electron chi connectivity index (χ3n) is 5.43. The van der Waals surface area contributed by atoms with Gasteiger partial charge in [0, 0.05) is 42.8 Å². The zero-order chi connectivity index (χ0) is 20.3. The van der Waals surface area contributed by atoms with Crippen LogP contribution in [0.5, 0.6) is 0 Å². The Labute approximate surface area is 163 Å². The SMILES string of the molecule is C=CN=C/C=C(\C)c1cc(F)c(CC2CC(F)CC2c2ccnn2C)cc1F. The number of nitrogens with zero attached hydrogens (tertiary/aromatic N) is 3. The third-order valence-corrected chi connectivity index (χ3v) is 5.43. The summed E-state index contributed by atoms with van der Waals surface area (Å²) in [5.41, 5.74) is 1.96. The van der Waals surface area contributed by atoms with E-state index < -0.39 is 17.8 Å². The van der Waals surface area contributed by atoms with Gasteiger partial charge in [0.25, 0.3) is 0 Å². The van der Waals surface area contributed by atoms with Gasteiger partial charge in [-0.3, -0.25) is 9.67 Å². The molecule has 148 valence electrons. The highest BCUT2D eigenvalue weighted by molar-refractivity contribution is 5.84. The first-order chi connectivity index (χ1) is 13.4. The van der Waals surface area contributed by atoms with Crippen molar-refractivity contribution in [1.82, 2.24) is 9.78 Å². The van der Waals surface area contributed by atoms with Crippen molar-refractivity contribution in [1.29, 1.82) is 0 Å². The fourth-order valence-electron chi connectivity index (χ4n) is 4.03. The average molecular weight is 387 g/mol. The van der Waals surface area contributed by atoms with Gasteiger partial charge in [0.15, 0.2) is 0 Å². The molecule has 1 saturated carbocycles. The highest BCUT2D eigenvalue weighted by Gasteiger charge is 2.37. The monoisotopic (exact) mass is 387 g/mol. The summed E-state index contributed by atoms with van der Waals surface area (Å²) in [6.45, 7) is 5.15. The molecule has 0 bridgehead atoms. The highest BCUT2D eigenvalue weighted by Crippen LogP contribution is 2.43. The fraction of sp³-hybridized carbons (Fsp3) is 0.364. The minimum Gasteiger partial charge on any atom is -0.272 e. The summed E-state index contributed by atoms with van der Waals surface area (Å²) in [5.74, 6) is -1.12. The molecule has 3 nitrogen and oxygen atoms in total. The Morgan fingerprint density at radius 3 is 2.79 bits per heavy atom. The lowest BCUT2D eigenvalue weighted by Crippen LogP contribution is -2.14. The summed E-state index contributed by atoms with van der Waals surface area (Å²) >= 11 is 0. The topological polar surface area (TPSA) is 30.2 Å². The van der Waals surface area contributed by atoms with Crippen LogP contribution in [0.3, 0.4) is 0 Å². The van der Waals surface area contributed by atoms with Crippen molar-refractivity contribution in [3.63, 3.8) is 0 Å². The smallest absolute Gasteiger partial charge is 0.131 e. The van der Waals surface area contributed by atoms with Crippen LogP contribution >= 0.6 is 0 Å². The summed E-state index contributed by atoms with van der Waals surface area (Å²) in [6, 6.07) is 4.31. The lowest BCUT2D eigenvalue weighted by Gasteiger charge is -2.20. The van der Waals surface area contributed by atoms with Crippen molar-refractivity contribution in [2.45, 2.75) is 38.3 Å². The Morgan fingerprint density at radius 1 is 1.32 bits per heavy atom. The number of alkyl halides is 1. The minimum atomic E-state index is -0.939. The van der Waals surface area contributed by atoms with Gasteiger partial charge in [-0.2, -0.15) is 5.10 Å². The third kappa shape index (κ3) is 4.26. The molecule has 0 aliphatic heterocycles. The van der Waals surface area contributed by atoms with E-state index in [1.54, 1.807) is 23.9 Å². The van der Waals surface area contributed by atoms with Gasteiger partial charge >= 0.3 is 0 Å². The van der Waals surface area contributed by atoms with Crippen LogP contribution in [0.4, 0.5) is 13.2 Å². The highest BCUT2D eigenvalue weighted by atomic mass is 19.1. The van der Waals surface area contributed by atoms with Crippen LogP contribution in [-0.2, 0) is 13.5 Å². The molecular formula is C22H24F3N3. The number of halogens is 3. The molecule has 1 aliphatic carbocycles. The number of hydrogen-bond acceptors (Lipinski definition) is 2. The molecule has 3 atom stereocenters. The van der Waals surface area contributed by atoms with Crippen LogP contribution in [0, 0.1) is 17.6 Å². The molecular weight excluding hydrogens is 363 g/mol. The van der Waals surface area contributed by atoms with Gasteiger partial charge in [0.1, 0.15) is 17.8 Å². The van der Waals surface area contributed by atoms with Gasteiger partial charge in [0.2, 0.25) is 0 Å². The van der Waals surface area contributed by atoms with Crippen molar-refractivity contribution >= 4 is 11.8 Å². The van der Waals surface area contributed by atoms with E-state index in [0.717, 1.165) is 5.69 Å². The van der Waals surface area contributed by atoms with Crippen LogP contribution in [0.25, 0.3) is 5.57 Å². The van der Waals surface area contributed by atoms with E-state index in [2.05, 4.69) is 16.7 Å². The molecule has 6 heteroatoms. The van der Waals surface area contributed by atoms with Gasteiger partial charge in [-0.25, -0.2) is 13.2 Å². The van der Waals surface area contributed by atoms with Gasteiger partial charge in [-0.15, -0.1) is 0 Å². The molecule has 0 saturated heterocycles. The van der Waals surface area contributed by atoms with Crippen LogP contribution in [-0.4, -0.2) is 22.2 Å². The molecule has 1 heterocycles. The van der Waals surface area contributed by atoms with E-state index >= 15 is 0 Å². The van der Waals surface area contributed by atoms with Crippen LogP contribution < -0.4 is 0 Å². The van der Waals surface area contributed by atoms with E-state index in [4.69, 9.17) is 0 Å². The van der Waals surface area contributed by atoms with Crippen molar-refractivity contribution < 1.29 is 13.2 Å². The maximum atomic E-state index is 14.7. The van der Waals surface area contributed by atoms with Crippen molar-refractivity contribution in [2.24, 2.45) is 18.0 Å². The van der Waals surface area contributed by atoms with Crippen molar-refractivity contribution in [3.8, 4) is 0 Å². The standard InChI is InChI=1S/C22H24F3N3/c1-4-26-7-5-14(2)18-13-20(24)16(11-21(18)25)9-15-10-17(23)12-19(15)22-6-8-27-28(22)3/h4-8,11,13,15,17,19H,1,9-10,12H2,2-3H3/b14-5+,26-7?. The predicted molar refractivity (Wildman–Crippen MR) is 106 cm³/mol. The van der Waals surface area contributed by atoms with Crippen LogP contribution in [0.2, 0.25) is 0 Å². The first-order valence-electron chi connectivity index (χ1n) is 9.32. The molecule has 0 amide bonds. The second kappa shape index (κ2) is 8.59. The zero-order valence-electron chi connectivity index (χ0n) is 16.1. The number of hydrogen-bond donors (Lipinski definition) is 0. The summed E-state index contributed by atoms with van der Waals surface area (Å²) in [7, 11) is 1.82. The number of aliphatic imine (C=N–C) groups is 1. The molecule has 3 rings (SSSR count). The number of aromatic nitrogens is 2. The summed E-state index contributed by atoms with van der Waals surface area (Å²) in [5, 5.41) is 4.16. The van der Waals surface area contributed by atoms with Gasteiger partial charge in [0.05, 0.1) is 0 Å². The molecule has 1 aromatic carbocycles. The van der Waals surface area contributed by atoms with E-state index in [1.165, 1.54) is 24.5 Å². The second-order valence-electron chi connectivity index (χ2n) is 7.27. The number of aryl methyl sites for hydroxylation is 1. The van der Waals surface area contributed by atoms with E-state index in [0.29, 0.717) is 24.8 Å². The van der Waals surface area contributed by atoms with Crippen LogP contribution in [0.15, 0.2) is 48.2 Å². The molecule has 0 radical (unpaired) electrons. The Bertz CT molecular complexity index is 914. The summed E-state index contributed by atoms with van der Waals surface area (Å²) in [6.07, 6.45) is 6.20. The average Bonchev–Trinajstić information content (AvgIpc) is 3.22. The Morgan fingerprint density at radius 2 is 2.11 bits per heavy atom. The van der Waals surface area contributed by atoms with Gasteiger partial charge < -0.3 is 0 Å². The molecule has 1 aliphatic rings. The number of allylic oxidation sites excluding steroid dienone is 2. The molecule has 3 unspecified atom stereocenters. The molecule has 28 heavy (non-hydrogen) atoms. The minimum absolute atomic E-state index is 0.0543. The normalized spacial score (nSPS) is 22.9. The first kappa shape index (κ1) is 20.1. The first-order valence-corrected chi connectivity index (χ1v) is 9.32. The van der Waals surface area contributed by atoms with Crippen LogP contribution in [0.1, 0.15) is 42.5 Å². The number of rotatable bonds is 6. The van der Waals surface area contributed by atoms with Crippen molar-refractivity contribution in [3.05, 3.63) is 71.7 Å². The molecule has 1 aromatic heterocycles. The second-order valence-corrected chi connectivity index (χ2v) is 7.27. The maximum absolute atomic E-state index is 14.7. The molecule has 0 spiro atoms. The van der Waals surface area contributed by atoms with E-state index in [1.807, 2.05) is 13.1 Å². The van der Waals surface area contributed by atoms with Gasteiger partial charge in [-0.05, 0) is 67.5 Å². The largest absolute Gasteiger partial charge is 0.272 e. The van der Waals surface area contributed by atoms with Gasteiger partial charge in [-0.1, -0.05) is 6.58 Å². The van der Waals surface area contributed by atoms with E-state index in [-0.39, 0.29) is 23.0 Å². The van der Waals surface area contributed by atoms with Crippen molar-refractivity contribution in [2.75, 3.05) is 0 Å². The summed E-state index contributed by atoms with van der Waals surface area (Å²) in [4.78, 5) is 3.83. The lowest BCUT2D eigenvalue weighted by molar-refractivity contribution is 0.330. The predicted octanol–water partition coefficient (Wildman–Crippen LogP) is 5.39. The Hall–Kier alpha value is -2.63. The Kier molecular flexibility index (Phi) is 6.17. The fourth-order valence-corrected chi connectivity index (χ4v) is 4.03. The number of benzene rings is 1. The van der Waals surface area contributed by atoms with E-state index in [9.17, 15) is 13.2 Å². The molecule has 0 N–H and O–H groups in total. The molecule has 2 aromatic rings. The summed E-state index contributed by atoms with van der Waals surface area (Å²) < 4.78 is 45.2. The quantitative estimate of drug-likeness (QED) is 0.611. The Balaban J connectivity index is 1.85. The molecule has 1 fully saturated rings. The maximum Gasteiger partial charge on any atom is 0.131 e. The zero-order valence-corrected chi connectivity index (χ0v) is 16.1.